The van der Waals surface area contributed by atoms with Gasteiger partial charge in [-0.05, 0) is 43.0 Å². The van der Waals surface area contributed by atoms with Crippen molar-refractivity contribution in [3.05, 3.63) is 29.8 Å². The number of nitrogens with zero attached hydrogens (tertiary/aromatic N) is 1. The second kappa shape index (κ2) is 7.97. The number of carbonyl (C=O) groups excluding carboxylic acids is 1. The molecular weight excluding hydrogens is 344 g/mol. The lowest BCUT2D eigenvalue weighted by Gasteiger charge is -2.24. The largest absolute Gasteiger partial charge is 0.481 e. The standard InChI is InChI=1S/C17H24N2O5S/c1-12(2)11-19(10-9-16(20)21)17(22)13-3-7-15(8-4-13)25(23,24)18-14-5-6-14/h3-4,7-8,12,14,18H,5-6,9-11H2,1-2H3,(H,20,21). The number of nitrogens with one attached hydrogen (secondary N) is 1. The van der Waals surface area contributed by atoms with Gasteiger partial charge in [-0.25, -0.2) is 13.1 Å². The van der Waals surface area contributed by atoms with E-state index >= 15 is 0 Å². The van der Waals surface area contributed by atoms with Gasteiger partial charge < -0.3 is 10.0 Å². The van der Waals surface area contributed by atoms with E-state index in [1.54, 1.807) is 0 Å². The zero-order chi connectivity index (χ0) is 18.6. The van der Waals surface area contributed by atoms with E-state index in [0.29, 0.717) is 12.1 Å². The Labute approximate surface area is 148 Å². The minimum Gasteiger partial charge on any atom is -0.481 e. The van der Waals surface area contributed by atoms with Crippen molar-refractivity contribution in [3.63, 3.8) is 0 Å². The first-order valence-corrected chi connectivity index (χ1v) is 9.81. The summed E-state index contributed by atoms with van der Waals surface area (Å²) in [4.78, 5) is 25.0. The van der Waals surface area contributed by atoms with Crippen LogP contribution >= 0.6 is 0 Å². The first-order chi connectivity index (χ1) is 11.7. The van der Waals surface area contributed by atoms with Gasteiger partial charge in [0.25, 0.3) is 5.91 Å². The molecule has 0 saturated heterocycles. The molecule has 1 aromatic carbocycles. The maximum absolute atomic E-state index is 12.6. The van der Waals surface area contributed by atoms with Crippen molar-refractivity contribution in [2.45, 2.75) is 44.0 Å². The molecule has 0 spiro atoms. The van der Waals surface area contributed by atoms with Crippen molar-refractivity contribution >= 4 is 21.9 Å². The number of carboxylic acids is 1. The molecule has 0 aliphatic heterocycles. The minimum absolute atomic E-state index is 0.0175. The summed E-state index contributed by atoms with van der Waals surface area (Å²) < 4.78 is 26.9. The summed E-state index contributed by atoms with van der Waals surface area (Å²) >= 11 is 0. The van der Waals surface area contributed by atoms with E-state index in [9.17, 15) is 18.0 Å². The highest BCUT2D eigenvalue weighted by Crippen LogP contribution is 2.22. The summed E-state index contributed by atoms with van der Waals surface area (Å²) in [7, 11) is -3.55. The van der Waals surface area contributed by atoms with Gasteiger partial charge in [-0.15, -0.1) is 0 Å². The van der Waals surface area contributed by atoms with Gasteiger partial charge in [0, 0.05) is 24.7 Å². The van der Waals surface area contributed by atoms with E-state index in [4.69, 9.17) is 5.11 Å². The van der Waals surface area contributed by atoms with E-state index in [2.05, 4.69) is 4.72 Å². The van der Waals surface area contributed by atoms with Crippen LogP contribution in [0.3, 0.4) is 0 Å². The fourth-order valence-corrected chi connectivity index (χ4v) is 3.70. The van der Waals surface area contributed by atoms with E-state index in [-0.39, 0.29) is 35.7 Å². The minimum atomic E-state index is -3.55. The third kappa shape index (κ3) is 5.82. The highest BCUT2D eigenvalue weighted by Gasteiger charge is 2.28. The number of hydrogen-bond donors (Lipinski definition) is 2. The van der Waals surface area contributed by atoms with Crippen molar-refractivity contribution in [2.24, 2.45) is 5.92 Å². The number of carbonyl (C=O) groups is 2. The number of carboxylic acid groups (broad SMARTS) is 1. The van der Waals surface area contributed by atoms with E-state index in [1.165, 1.54) is 29.2 Å². The molecule has 2 rings (SSSR count). The van der Waals surface area contributed by atoms with Gasteiger partial charge >= 0.3 is 5.97 Å². The first-order valence-electron chi connectivity index (χ1n) is 8.32. The number of amides is 1. The van der Waals surface area contributed by atoms with Crippen LogP contribution in [0.2, 0.25) is 0 Å². The third-order valence-electron chi connectivity index (χ3n) is 3.78. The molecule has 0 bridgehead atoms. The molecule has 2 N–H and O–H groups in total. The molecule has 25 heavy (non-hydrogen) atoms. The molecule has 1 aliphatic rings. The third-order valence-corrected chi connectivity index (χ3v) is 5.32. The van der Waals surface area contributed by atoms with Gasteiger partial charge in [-0.2, -0.15) is 0 Å². The van der Waals surface area contributed by atoms with Gasteiger partial charge in [-0.1, -0.05) is 13.8 Å². The van der Waals surface area contributed by atoms with Crippen molar-refractivity contribution in [1.29, 1.82) is 0 Å². The average molecular weight is 368 g/mol. The van der Waals surface area contributed by atoms with Crippen LogP contribution in [0.1, 0.15) is 43.5 Å². The van der Waals surface area contributed by atoms with E-state index < -0.39 is 16.0 Å². The Morgan fingerprint density at radius 2 is 1.84 bits per heavy atom. The zero-order valence-electron chi connectivity index (χ0n) is 14.4. The summed E-state index contributed by atoms with van der Waals surface area (Å²) in [6.07, 6.45) is 1.57. The molecule has 7 nitrogen and oxygen atoms in total. The Morgan fingerprint density at radius 3 is 2.32 bits per heavy atom. The Morgan fingerprint density at radius 1 is 1.24 bits per heavy atom. The van der Waals surface area contributed by atoms with Crippen LogP contribution in [-0.2, 0) is 14.8 Å². The highest BCUT2D eigenvalue weighted by molar-refractivity contribution is 7.89. The summed E-state index contributed by atoms with van der Waals surface area (Å²) in [6, 6.07) is 5.77. The number of hydrogen-bond acceptors (Lipinski definition) is 4. The Kier molecular flexibility index (Phi) is 6.18. The Bertz CT molecular complexity index is 724. The summed E-state index contributed by atoms with van der Waals surface area (Å²) in [5.74, 6) is -1.07. The van der Waals surface area contributed by atoms with Crippen molar-refractivity contribution in [3.8, 4) is 0 Å². The zero-order valence-corrected chi connectivity index (χ0v) is 15.3. The summed E-state index contributed by atoms with van der Waals surface area (Å²) in [5.41, 5.74) is 0.344. The van der Waals surface area contributed by atoms with Gasteiger partial charge in [0.1, 0.15) is 0 Å². The lowest BCUT2D eigenvalue weighted by molar-refractivity contribution is -0.137. The monoisotopic (exact) mass is 368 g/mol. The molecule has 1 fully saturated rings. The molecule has 1 amide bonds. The second-order valence-electron chi connectivity index (χ2n) is 6.71. The fraction of sp³-hybridized carbons (Fsp3) is 0.529. The topological polar surface area (TPSA) is 104 Å². The molecule has 0 aromatic heterocycles. The molecule has 1 saturated carbocycles. The number of aliphatic carboxylic acids is 1. The molecule has 8 heteroatoms. The normalized spacial score (nSPS) is 14.5. The van der Waals surface area contributed by atoms with Gasteiger partial charge in [0.15, 0.2) is 0 Å². The molecule has 1 aromatic rings. The van der Waals surface area contributed by atoms with Crippen LogP contribution in [0.5, 0.6) is 0 Å². The smallest absolute Gasteiger partial charge is 0.305 e. The number of sulfonamides is 1. The SMILES string of the molecule is CC(C)CN(CCC(=O)O)C(=O)c1ccc(S(=O)(=O)NC2CC2)cc1. The predicted molar refractivity (Wildman–Crippen MR) is 92.8 cm³/mol. The van der Waals surface area contributed by atoms with E-state index in [1.807, 2.05) is 13.8 Å². The predicted octanol–water partition coefficient (Wildman–Crippen LogP) is 1.70. The van der Waals surface area contributed by atoms with Crippen LogP contribution in [0.4, 0.5) is 0 Å². The summed E-state index contributed by atoms with van der Waals surface area (Å²) in [5, 5.41) is 8.84. The molecule has 0 radical (unpaired) electrons. The lowest BCUT2D eigenvalue weighted by Crippen LogP contribution is -2.36. The van der Waals surface area contributed by atoms with Crippen LogP contribution in [-0.4, -0.2) is 49.4 Å². The maximum atomic E-state index is 12.6. The maximum Gasteiger partial charge on any atom is 0.305 e. The van der Waals surface area contributed by atoms with Gasteiger partial charge in [0.2, 0.25) is 10.0 Å². The van der Waals surface area contributed by atoms with E-state index in [0.717, 1.165) is 12.8 Å². The van der Waals surface area contributed by atoms with Crippen molar-refractivity contribution < 1.29 is 23.1 Å². The Balaban J connectivity index is 2.11. The molecular formula is C17H24N2O5S. The quantitative estimate of drug-likeness (QED) is 0.690. The first kappa shape index (κ1) is 19.4. The second-order valence-corrected chi connectivity index (χ2v) is 8.42. The molecule has 0 atom stereocenters. The molecule has 1 aliphatic carbocycles. The van der Waals surface area contributed by atoms with Crippen LogP contribution in [0.15, 0.2) is 29.2 Å². The lowest BCUT2D eigenvalue weighted by atomic mass is 10.1. The molecule has 0 heterocycles. The number of rotatable bonds is 9. The van der Waals surface area contributed by atoms with Crippen LogP contribution in [0.25, 0.3) is 0 Å². The molecule has 138 valence electrons. The van der Waals surface area contributed by atoms with Crippen molar-refractivity contribution in [1.82, 2.24) is 9.62 Å². The van der Waals surface area contributed by atoms with Crippen LogP contribution < -0.4 is 4.72 Å². The van der Waals surface area contributed by atoms with Gasteiger partial charge in [0.05, 0.1) is 11.3 Å². The highest BCUT2D eigenvalue weighted by atomic mass is 32.2. The average Bonchev–Trinajstić information content (AvgIpc) is 3.33. The fourth-order valence-electron chi connectivity index (χ4n) is 2.40. The van der Waals surface area contributed by atoms with Gasteiger partial charge in [-0.3, -0.25) is 9.59 Å². The molecule has 0 unspecified atom stereocenters. The summed E-state index contributed by atoms with van der Waals surface area (Å²) in [6.45, 7) is 4.45. The van der Waals surface area contributed by atoms with Crippen molar-refractivity contribution in [2.75, 3.05) is 13.1 Å². The Hall–Kier alpha value is -1.93. The van der Waals surface area contributed by atoms with Crippen LogP contribution in [0, 0.1) is 5.92 Å². The number of benzene rings is 1.